The van der Waals surface area contributed by atoms with Crippen LogP contribution in [0.3, 0.4) is 0 Å². The summed E-state index contributed by atoms with van der Waals surface area (Å²) in [6.07, 6.45) is 0. The van der Waals surface area contributed by atoms with Gasteiger partial charge in [0.15, 0.2) is 11.5 Å². The molecule has 2 rings (SSSR count). The number of ether oxygens (including phenoxy) is 1. The summed E-state index contributed by atoms with van der Waals surface area (Å²) in [4.78, 5) is 0. The molecule has 0 heterocycles. The number of methoxy groups -OCH3 is 1. The van der Waals surface area contributed by atoms with Gasteiger partial charge in [-0.25, -0.2) is 0 Å². The molecule has 0 radical (unpaired) electrons. The topological polar surface area (TPSA) is 41.5 Å². The lowest BCUT2D eigenvalue weighted by Crippen LogP contribution is -2.06. The first-order valence-electron chi connectivity index (χ1n) is 6.09. The van der Waals surface area contributed by atoms with Crippen LogP contribution >= 0.6 is 23.2 Å². The number of aromatic hydroxyl groups is 1. The highest BCUT2D eigenvalue weighted by Gasteiger charge is 2.10. The number of hydrogen-bond donors (Lipinski definition) is 2. The lowest BCUT2D eigenvalue weighted by Gasteiger charge is -2.17. The molecule has 0 spiro atoms. The molecule has 0 amide bonds. The predicted molar refractivity (Wildman–Crippen MR) is 83.2 cm³/mol. The highest BCUT2D eigenvalue weighted by Crippen LogP contribution is 2.31. The Morgan fingerprint density at radius 2 is 1.75 bits per heavy atom. The summed E-state index contributed by atoms with van der Waals surface area (Å²) in [5, 5.41) is 14.1. The minimum absolute atomic E-state index is 0.0130. The molecule has 0 aliphatic rings. The highest BCUT2D eigenvalue weighted by atomic mass is 35.5. The van der Waals surface area contributed by atoms with E-state index < -0.39 is 0 Å². The van der Waals surface area contributed by atoms with Gasteiger partial charge >= 0.3 is 0 Å². The van der Waals surface area contributed by atoms with Crippen molar-refractivity contribution in [3.63, 3.8) is 0 Å². The van der Waals surface area contributed by atoms with Gasteiger partial charge in [0.25, 0.3) is 0 Å². The second-order valence-corrected chi connectivity index (χ2v) is 5.33. The van der Waals surface area contributed by atoms with E-state index in [4.69, 9.17) is 27.9 Å². The number of anilines is 1. The van der Waals surface area contributed by atoms with E-state index >= 15 is 0 Å². The number of nitrogens with one attached hydrogen (secondary N) is 1. The smallest absolute Gasteiger partial charge is 0.160 e. The maximum Gasteiger partial charge on any atom is 0.160 e. The number of benzene rings is 2. The molecule has 20 heavy (non-hydrogen) atoms. The summed E-state index contributed by atoms with van der Waals surface area (Å²) in [7, 11) is 1.52. The van der Waals surface area contributed by atoms with Gasteiger partial charge in [-0.3, -0.25) is 0 Å². The largest absolute Gasteiger partial charge is 0.504 e. The van der Waals surface area contributed by atoms with Crippen molar-refractivity contribution in [3.05, 3.63) is 52.0 Å². The van der Waals surface area contributed by atoms with Crippen molar-refractivity contribution in [3.8, 4) is 11.5 Å². The van der Waals surface area contributed by atoms with E-state index in [2.05, 4.69) is 5.32 Å². The van der Waals surface area contributed by atoms with Gasteiger partial charge in [-0.05, 0) is 42.8 Å². The average Bonchev–Trinajstić information content (AvgIpc) is 2.37. The van der Waals surface area contributed by atoms with Gasteiger partial charge in [0.2, 0.25) is 0 Å². The maximum absolute atomic E-state index is 9.60. The quantitative estimate of drug-likeness (QED) is 0.845. The fourth-order valence-corrected chi connectivity index (χ4v) is 2.46. The van der Waals surface area contributed by atoms with Gasteiger partial charge in [0, 0.05) is 21.8 Å². The second kappa shape index (κ2) is 6.25. The van der Waals surface area contributed by atoms with E-state index in [0.717, 1.165) is 11.3 Å². The molecular formula is C15H15Cl2NO2. The van der Waals surface area contributed by atoms with Crippen LogP contribution in [0.1, 0.15) is 18.5 Å². The molecule has 0 aliphatic carbocycles. The highest BCUT2D eigenvalue weighted by molar-refractivity contribution is 6.35. The van der Waals surface area contributed by atoms with Gasteiger partial charge < -0.3 is 15.2 Å². The van der Waals surface area contributed by atoms with Crippen LogP contribution in [0.15, 0.2) is 36.4 Å². The van der Waals surface area contributed by atoms with Crippen molar-refractivity contribution in [2.45, 2.75) is 13.0 Å². The van der Waals surface area contributed by atoms with Crippen LogP contribution in [-0.2, 0) is 0 Å². The number of rotatable bonds is 4. The van der Waals surface area contributed by atoms with Crippen molar-refractivity contribution >= 4 is 28.9 Å². The van der Waals surface area contributed by atoms with Crippen LogP contribution in [0, 0.1) is 0 Å². The Hall–Kier alpha value is -1.58. The molecule has 2 aromatic carbocycles. The Morgan fingerprint density at radius 1 is 1.10 bits per heavy atom. The van der Waals surface area contributed by atoms with Gasteiger partial charge in [-0.15, -0.1) is 0 Å². The Labute approximate surface area is 128 Å². The zero-order valence-corrected chi connectivity index (χ0v) is 12.7. The molecule has 0 saturated carbocycles. The number of phenolic OH excluding ortho intramolecular Hbond substituents is 1. The number of halogens is 2. The average molecular weight is 312 g/mol. The van der Waals surface area contributed by atoms with Gasteiger partial charge in [0.05, 0.1) is 7.11 Å². The fraction of sp³-hybridized carbons (Fsp3) is 0.200. The molecule has 0 saturated heterocycles. The normalized spacial score (nSPS) is 12.0. The second-order valence-electron chi connectivity index (χ2n) is 4.46. The summed E-state index contributed by atoms with van der Waals surface area (Å²) >= 11 is 11.9. The van der Waals surface area contributed by atoms with Crippen LogP contribution in [0.25, 0.3) is 0 Å². The summed E-state index contributed by atoms with van der Waals surface area (Å²) in [5.74, 6) is 0.564. The molecule has 1 unspecified atom stereocenters. The summed E-state index contributed by atoms with van der Waals surface area (Å²) in [6, 6.07) is 10.5. The molecule has 0 bridgehead atoms. The third-order valence-electron chi connectivity index (χ3n) is 2.95. The summed E-state index contributed by atoms with van der Waals surface area (Å²) in [5.41, 5.74) is 1.82. The molecule has 0 fully saturated rings. The Morgan fingerprint density at radius 3 is 2.35 bits per heavy atom. The Bertz CT molecular complexity index is 597. The van der Waals surface area contributed by atoms with Crippen LogP contribution in [0.5, 0.6) is 11.5 Å². The van der Waals surface area contributed by atoms with E-state index in [1.54, 1.807) is 18.2 Å². The van der Waals surface area contributed by atoms with Gasteiger partial charge in [-0.2, -0.15) is 0 Å². The first kappa shape index (κ1) is 14.8. The third-order valence-corrected chi connectivity index (χ3v) is 3.39. The predicted octanol–water partition coefficient (Wildman–Crippen LogP) is 4.88. The van der Waals surface area contributed by atoms with Crippen molar-refractivity contribution in [1.82, 2.24) is 0 Å². The molecule has 3 nitrogen and oxygen atoms in total. The number of hydrogen-bond acceptors (Lipinski definition) is 3. The van der Waals surface area contributed by atoms with Crippen molar-refractivity contribution in [2.24, 2.45) is 0 Å². The van der Waals surface area contributed by atoms with Crippen LogP contribution in [0.4, 0.5) is 5.69 Å². The van der Waals surface area contributed by atoms with Gasteiger partial charge in [-0.1, -0.05) is 29.3 Å². The molecule has 106 valence electrons. The first-order valence-corrected chi connectivity index (χ1v) is 6.84. The lowest BCUT2D eigenvalue weighted by molar-refractivity contribution is 0.373. The van der Waals surface area contributed by atoms with Crippen LogP contribution < -0.4 is 10.1 Å². The minimum atomic E-state index is 0.0130. The maximum atomic E-state index is 9.60. The van der Waals surface area contributed by atoms with Crippen molar-refractivity contribution in [1.29, 1.82) is 0 Å². The standard InChI is InChI=1S/C15H15Cl2NO2/c1-9(10-3-4-14(19)15(5-10)20-2)18-13-7-11(16)6-12(17)8-13/h3-9,18-19H,1-2H3. The molecule has 0 aliphatic heterocycles. The monoisotopic (exact) mass is 311 g/mol. The SMILES string of the molecule is COc1cc(C(C)Nc2cc(Cl)cc(Cl)c2)ccc1O. The minimum Gasteiger partial charge on any atom is -0.504 e. The zero-order chi connectivity index (χ0) is 14.7. The zero-order valence-electron chi connectivity index (χ0n) is 11.2. The fourth-order valence-electron chi connectivity index (χ4n) is 1.93. The summed E-state index contributed by atoms with van der Waals surface area (Å²) in [6.45, 7) is 2.00. The Kier molecular flexibility index (Phi) is 4.63. The Balaban J connectivity index is 2.21. The lowest BCUT2D eigenvalue weighted by atomic mass is 10.1. The van der Waals surface area contributed by atoms with E-state index in [-0.39, 0.29) is 11.8 Å². The molecular weight excluding hydrogens is 297 g/mol. The van der Waals surface area contributed by atoms with E-state index in [1.807, 2.05) is 25.1 Å². The van der Waals surface area contributed by atoms with Crippen LogP contribution in [-0.4, -0.2) is 12.2 Å². The van der Waals surface area contributed by atoms with Crippen molar-refractivity contribution < 1.29 is 9.84 Å². The molecule has 0 aromatic heterocycles. The first-order chi connectivity index (χ1) is 9.49. The van der Waals surface area contributed by atoms with E-state index in [9.17, 15) is 5.11 Å². The third kappa shape index (κ3) is 3.50. The summed E-state index contributed by atoms with van der Waals surface area (Å²) < 4.78 is 5.10. The van der Waals surface area contributed by atoms with Crippen molar-refractivity contribution in [2.75, 3.05) is 12.4 Å². The molecule has 1 atom stereocenters. The molecule has 2 N–H and O–H groups in total. The van der Waals surface area contributed by atoms with E-state index in [1.165, 1.54) is 7.11 Å². The van der Waals surface area contributed by atoms with E-state index in [0.29, 0.717) is 15.8 Å². The molecule has 2 aromatic rings. The molecule has 5 heteroatoms. The van der Waals surface area contributed by atoms with Gasteiger partial charge in [0.1, 0.15) is 0 Å². The number of phenols is 1. The van der Waals surface area contributed by atoms with Crippen LogP contribution in [0.2, 0.25) is 10.0 Å².